The fourth-order valence-electron chi connectivity index (χ4n) is 4.08. The minimum Gasteiger partial charge on any atom is -0.439 e. The molecule has 0 aromatic heterocycles. The van der Waals surface area contributed by atoms with Gasteiger partial charge >= 0.3 is 0 Å². The molecule has 2 aliphatic rings. The number of carbonyl (C=O) groups is 1. The van der Waals surface area contributed by atoms with Crippen molar-refractivity contribution in [2.75, 3.05) is 27.2 Å². The maximum absolute atomic E-state index is 11.7. The number of benzene rings is 1. The van der Waals surface area contributed by atoms with Gasteiger partial charge in [-0.3, -0.25) is 9.28 Å². The maximum atomic E-state index is 11.7. The van der Waals surface area contributed by atoms with Crippen LogP contribution < -0.4 is 4.74 Å². The summed E-state index contributed by atoms with van der Waals surface area (Å²) in [6.45, 7) is 11.0. The van der Waals surface area contributed by atoms with Gasteiger partial charge in [0.05, 0.1) is 36.1 Å². The Morgan fingerprint density at radius 2 is 1.84 bits per heavy atom. The van der Waals surface area contributed by atoms with Crippen molar-refractivity contribution < 1.29 is 14.0 Å². The Kier molecular flexibility index (Phi) is 4.64. The van der Waals surface area contributed by atoms with E-state index in [1.54, 1.807) is 6.92 Å². The summed E-state index contributed by atoms with van der Waals surface area (Å²) in [6, 6.07) is 4.60. The van der Waals surface area contributed by atoms with Crippen LogP contribution in [0.4, 0.5) is 0 Å². The zero-order valence-corrected chi connectivity index (χ0v) is 18.4. The molecule has 4 nitrogen and oxygen atoms in total. The first-order chi connectivity index (χ1) is 11.5. The lowest BCUT2D eigenvalue weighted by molar-refractivity contribution is -0.980. The van der Waals surface area contributed by atoms with Crippen molar-refractivity contribution in [3.05, 3.63) is 26.8 Å². The van der Waals surface area contributed by atoms with Crippen LogP contribution in [-0.4, -0.2) is 48.2 Å². The van der Waals surface area contributed by atoms with Crippen LogP contribution in [0.15, 0.2) is 12.1 Å². The van der Waals surface area contributed by atoms with E-state index in [-0.39, 0.29) is 17.0 Å². The van der Waals surface area contributed by atoms with Gasteiger partial charge < -0.3 is 9.64 Å². The number of fused-ring (bicyclic) bond motifs is 1. The van der Waals surface area contributed by atoms with E-state index in [2.05, 4.69) is 69.6 Å². The largest absolute Gasteiger partial charge is 0.439 e. The molecule has 2 heterocycles. The predicted octanol–water partition coefficient (Wildman–Crippen LogP) is 3.90. The number of rotatable bonds is 0. The van der Waals surface area contributed by atoms with Gasteiger partial charge in [-0.2, -0.15) is 0 Å². The fourth-order valence-corrected chi connectivity index (χ4v) is 4.87. The lowest BCUT2D eigenvalue weighted by atomic mass is 9.85. The van der Waals surface area contributed by atoms with Crippen molar-refractivity contribution in [2.45, 2.75) is 58.2 Å². The third kappa shape index (κ3) is 3.29. The van der Waals surface area contributed by atoms with E-state index < -0.39 is 0 Å². The zero-order chi connectivity index (χ0) is 18.6. The SMILES string of the molecule is CC(=O)N1CCC2(CC1)Oc1c(I)cc(C(C)(C)C)cc1C[N+]2(C)C. The number of nitrogens with zero attached hydrogens (tertiary/aromatic N) is 2. The maximum Gasteiger partial charge on any atom is 0.246 e. The van der Waals surface area contributed by atoms with Crippen LogP contribution >= 0.6 is 22.6 Å². The first-order valence-corrected chi connectivity index (χ1v) is 10.1. The van der Waals surface area contributed by atoms with E-state index in [0.29, 0.717) is 0 Å². The Hall–Kier alpha value is -0.820. The lowest BCUT2D eigenvalue weighted by Gasteiger charge is -2.54. The van der Waals surface area contributed by atoms with Crippen molar-refractivity contribution >= 4 is 28.5 Å². The molecule has 1 aromatic carbocycles. The number of quaternary nitrogens is 1. The summed E-state index contributed by atoms with van der Waals surface area (Å²) in [4.78, 5) is 13.6. The van der Waals surface area contributed by atoms with Crippen molar-refractivity contribution in [3.8, 4) is 5.75 Å². The summed E-state index contributed by atoms with van der Waals surface area (Å²) >= 11 is 2.42. The number of hydrogen-bond acceptors (Lipinski definition) is 2. The summed E-state index contributed by atoms with van der Waals surface area (Å²) in [7, 11) is 4.53. The van der Waals surface area contributed by atoms with E-state index >= 15 is 0 Å². The Morgan fingerprint density at radius 3 is 2.36 bits per heavy atom. The molecule has 5 heteroatoms. The molecule has 138 valence electrons. The molecule has 0 saturated carbocycles. The molecule has 0 atom stereocenters. The van der Waals surface area contributed by atoms with Crippen molar-refractivity contribution in [1.82, 2.24) is 4.90 Å². The Bertz CT molecular complexity index is 698. The number of hydrogen-bond donors (Lipinski definition) is 0. The van der Waals surface area contributed by atoms with Crippen molar-refractivity contribution in [3.63, 3.8) is 0 Å². The van der Waals surface area contributed by atoms with Crippen LogP contribution in [-0.2, 0) is 16.8 Å². The Labute approximate surface area is 165 Å². The number of likely N-dealkylation sites (tertiary alicyclic amines) is 1. The number of halogens is 1. The second-order valence-corrected chi connectivity index (χ2v) is 10.3. The van der Waals surface area contributed by atoms with Crippen LogP contribution in [0.2, 0.25) is 0 Å². The average molecular weight is 457 g/mol. The molecule has 1 fully saturated rings. The predicted molar refractivity (Wildman–Crippen MR) is 109 cm³/mol. The summed E-state index contributed by atoms with van der Waals surface area (Å²) in [6.07, 6.45) is 1.77. The number of amides is 1. The minimum absolute atomic E-state index is 0.133. The van der Waals surface area contributed by atoms with Gasteiger partial charge in [-0.05, 0) is 45.7 Å². The Balaban J connectivity index is 1.97. The highest BCUT2D eigenvalue weighted by atomic mass is 127. The number of carbonyl (C=O) groups excluding carboxylic acids is 1. The summed E-state index contributed by atoms with van der Waals surface area (Å²) in [5.41, 5.74) is 2.57. The summed E-state index contributed by atoms with van der Waals surface area (Å²) in [5, 5.41) is 0. The van der Waals surface area contributed by atoms with Gasteiger partial charge in [0.25, 0.3) is 0 Å². The third-order valence-electron chi connectivity index (χ3n) is 5.94. The molecule has 3 rings (SSSR count). The molecule has 0 unspecified atom stereocenters. The fraction of sp³-hybridized carbons (Fsp3) is 0.650. The molecular weight excluding hydrogens is 427 g/mol. The highest BCUT2D eigenvalue weighted by molar-refractivity contribution is 14.1. The van der Waals surface area contributed by atoms with Crippen LogP contribution in [0.5, 0.6) is 5.75 Å². The summed E-state index contributed by atoms with van der Waals surface area (Å²) in [5.74, 6) is 1.23. The normalized spacial score (nSPS) is 21.6. The first-order valence-electron chi connectivity index (χ1n) is 9.06. The highest BCUT2D eigenvalue weighted by Crippen LogP contribution is 2.45. The zero-order valence-electron chi connectivity index (χ0n) is 16.3. The minimum atomic E-state index is -0.234. The van der Waals surface area contributed by atoms with Crippen molar-refractivity contribution in [1.29, 1.82) is 0 Å². The molecular formula is C20H30IN2O2+. The molecule has 0 bridgehead atoms. The third-order valence-corrected chi connectivity index (χ3v) is 6.74. The van der Waals surface area contributed by atoms with E-state index in [1.165, 1.54) is 14.7 Å². The summed E-state index contributed by atoms with van der Waals surface area (Å²) < 4.78 is 8.75. The molecule has 25 heavy (non-hydrogen) atoms. The molecule has 1 saturated heterocycles. The molecule has 2 aliphatic heterocycles. The van der Waals surface area contributed by atoms with E-state index in [1.807, 2.05) is 4.90 Å². The molecule has 1 spiro atoms. The number of piperidine rings is 1. The smallest absolute Gasteiger partial charge is 0.246 e. The molecule has 0 aliphatic carbocycles. The monoisotopic (exact) mass is 457 g/mol. The molecule has 1 amide bonds. The number of ether oxygens (including phenoxy) is 1. The van der Waals surface area contributed by atoms with Crippen molar-refractivity contribution in [2.24, 2.45) is 0 Å². The van der Waals surface area contributed by atoms with Crippen LogP contribution in [0.1, 0.15) is 51.7 Å². The second kappa shape index (κ2) is 6.12. The second-order valence-electron chi connectivity index (χ2n) is 9.09. The van der Waals surface area contributed by atoms with E-state index in [0.717, 1.165) is 42.7 Å². The first kappa shape index (κ1) is 19.0. The molecule has 1 aromatic rings. The van der Waals surface area contributed by atoms with E-state index in [4.69, 9.17) is 4.74 Å². The van der Waals surface area contributed by atoms with Gasteiger partial charge in [-0.1, -0.05) is 20.8 Å². The lowest BCUT2D eigenvalue weighted by Crippen LogP contribution is -2.68. The molecule has 0 N–H and O–H groups in total. The van der Waals surface area contributed by atoms with Gasteiger partial charge in [0.2, 0.25) is 11.6 Å². The van der Waals surface area contributed by atoms with Crippen LogP contribution in [0.3, 0.4) is 0 Å². The average Bonchev–Trinajstić information content (AvgIpc) is 2.48. The quantitative estimate of drug-likeness (QED) is 0.437. The van der Waals surface area contributed by atoms with Crippen LogP contribution in [0, 0.1) is 3.57 Å². The van der Waals surface area contributed by atoms with Gasteiger partial charge in [0, 0.05) is 20.0 Å². The highest BCUT2D eigenvalue weighted by Gasteiger charge is 2.53. The topological polar surface area (TPSA) is 29.5 Å². The van der Waals surface area contributed by atoms with E-state index in [9.17, 15) is 4.79 Å². The van der Waals surface area contributed by atoms with Gasteiger partial charge in [-0.25, -0.2) is 0 Å². The molecule has 0 radical (unpaired) electrons. The van der Waals surface area contributed by atoms with Crippen LogP contribution in [0.25, 0.3) is 0 Å². The standard InChI is InChI=1S/C20H30IN2O2/c1-14(24)22-9-7-20(8-10-22)23(5,6)13-15-11-16(19(2,3)4)12-17(21)18(15)25-20/h11-12H,7-10,13H2,1-6H3/q+1. The Morgan fingerprint density at radius 1 is 1.24 bits per heavy atom. The van der Waals surface area contributed by atoms with Gasteiger partial charge in [-0.15, -0.1) is 0 Å². The van der Waals surface area contributed by atoms with Gasteiger partial charge in [0.1, 0.15) is 12.3 Å². The van der Waals surface area contributed by atoms with Gasteiger partial charge in [0.15, 0.2) is 0 Å².